The lowest BCUT2D eigenvalue weighted by Gasteiger charge is -1.98. The fraction of sp³-hybridized carbons (Fsp3) is 0.500. The number of carbonyl (C=O) groups is 1. The van der Waals surface area contributed by atoms with Gasteiger partial charge in [0.15, 0.2) is 0 Å². The van der Waals surface area contributed by atoms with Crippen LogP contribution in [0.15, 0.2) is 11.8 Å². The van der Waals surface area contributed by atoms with Gasteiger partial charge in [0.25, 0.3) is 0 Å². The molecule has 0 aliphatic carbocycles. The lowest BCUT2D eigenvalue weighted by molar-refractivity contribution is -0.131. The minimum Gasteiger partial charge on any atom is -0.478 e. The summed E-state index contributed by atoms with van der Waals surface area (Å²) >= 11 is 0. The first-order valence-corrected chi connectivity index (χ1v) is 2.82. The molecule has 0 atom stereocenters. The van der Waals surface area contributed by atoms with Crippen LogP contribution in [-0.2, 0) is 4.79 Å². The van der Waals surface area contributed by atoms with Gasteiger partial charge in [0, 0.05) is 18.3 Å². The Bertz CT molecular complexity index is 129. The molecule has 0 heterocycles. The predicted octanol–water partition coefficient (Wildman–Crippen LogP) is 0.584. The highest BCUT2D eigenvalue weighted by molar-refractivity contribution is 5.80. The lowest BCUT2D eigenvalue weighted by atomic mass is 10.4. The van der Waals surface area contributed by atoms with Crippen LogP contribution >= 0.6 is 0 Å². The Hall–Kier alpha value is -0.990. The summed E-state index contributed by atoms with van der Waals surface area (Å²) in [5.41, 5.74) is 0.685. The Labute approximate surface area is 54.4 Å². The fourth-order valence-corrected chi connectivity index (χ4v) is 0.515. The van der Waals surface area contributed by atoms with E-state index in [0.717, 1.165) is 12.6 Å². The second-order valence-electron chi connectivity index (χ2n) is 1.70. The van der Waals surface area contributed by atoms with Crippen molar-refractivity contribution in [3.8, 4) is 0 Å². The van der Waals surface area contributed by atoms with Crippen molar-refractivity contribution < 1.29 is 9.90 Å². The smallest absolute Gasteiger partial charge is 0.330 e. The van der Waals surface area contributed by atoms with Gasteiger partial charge in [-0.3, -0.25) is 0 Å². The first-order valence-electron chi connectivity index (χ1n) is 2.82. The summed E-state index contributed by atoms with van der Waals surface area (Å²) in [5.74, 6) is -0.909. The molecule has 0 radical (unpaired) electrons. The van der Waals surface area contributed by atoms with E-state index in [9.17, 15) is 4.79 Å². The molecule has 0 saturated carbocycles. The zero-order valence-corrected chi connectivity index (χ0v) is 5.64. The van der Waals surface area contributed by atoms with Crippen LogP contribution in [-0.4, -0.2) is 17.6 Å². The summed E-state index contributed by atoms with van der Waals surface area (Å²) in [5, 5.41) is 11.1. The maximum Gasteiger partial charge on any atom is 0.330 e. The summed E-state index contributed by atoms with van der Waals surface area (Å²) in [6.07, 6.45) is 1.14. The average molecular weight is 129 g/mol. The molecule has 2 N–H and O–H groups in total. The van der Waals surface area contributed by atoms with E-state index in [2.05, 4.69) is 5.32 Å². The topological polar surface area (TPSA) is 49.3 Å². The van der Waals surface area contributed by atoms with Gasteiger partial charge in [0.05, 0.1) is 0 Å². The van der Waals surface area contributed by atoms with Crippen LogP contribution in [0.1, 0.15) is 13.8 Å². The number of hydrogen-bond acceptors (Lipinski definition) is 2. The molecule has 0 rings (SSSR count). The quantitative estimate of drug-likeness (QED) is 0.548. The second kappa shape index (κ2) is 3.95. The molecule has 0 aliphatic rings. The Kier molecular flexibility index (Phi) is 3.51. The van der Waals surface area contributed by atoms with Gasteiger partial charge >= 0.3 is 5.97 Å². The van der Waals surface area contributed by atoms with Gasteiger partial charge in [0.2, 0.25) is 0 Å². The number of aliphatic carboxylic acids is 1. The normalized spacial score (nSPS) is 11.1. The maximum atomic E-state index is 9.97. The SMILES string of the molecule is CCN/C(C)=C/C(=O)O. The first kappa shape index (κ1) is 8.01. The van der Waals surface area contributed by atoms with Crippen LogP contribution in [0.5, 0.6) is 0 Å². The van der Waals surface area contributed by atoms with Crippen molar-refractivity contribution in [3.05, 3.63) is 11.8 Å². The summed E-state index contributed by atoms with van der Waals surface area (Å²) in [6.45, 7) is 4.40. The Morgan fingerprint density at radius 2 is 2.33 bits per heavy atom. The highest BCUT2D eigenvalue weighted by Gasteiger charge is 1.89. The van der Waals surface area contributed by atoms with E-state index >= 15 is 0 Å². The minimum atomic E-state index is -0.909. The highest BCUT2D eigenvalue weighted by atomic mass is 16.4. The molecule has 0 aromatic carbocycles. The molecule has 0 aromatic rings. The van der Waals surface area contributed by atoms with E-state index in [0.29, 0.717) is 5.70 Å². The van der Waals surface area contributed by atoms with E-state index < -0.39 is 5.97 Å². The van der Waals surface area contributed by atoms with Crippen LogP contribution in [0.4, 0.5) is 0 Å². The molecule has 0 aromatic heterocycles. The van der Waals surface area contributed by atoms with Crippen molar-refractivity contribution in [2.45, 2.75) is 13.8 Å². The molecule has 0 spiro atoms. The van der Waals surface area contributed by atoms with Gasteiger partial charge < -0.3 is 10.4 Å². The summed E-state index contributed by atoms with van der Waals surface area (Å²) in [7, 11) is 0. The maximum absolute atomic E-state index is 9.97. The van der Waals surface area contributed by atoms with Gasteiger partial charge in [-0.2, -0.15) is 0 Å². The fourth-order valence-electron chi connectivity index (χ4n) is 0.515. The van der Waals surface area contributed by atoms with Gasteiger partial charge in [0.1, 0.15) is 0 Å². The molecule has 0 unspecified atom stereocenters. The highest BCUT2D eigenvalue weighted by Crippen LogP contribution is 1.83. The minimum absolute atomic E-state index is 0.685. The molecular formula is C6H11NO2. The third-order valence-corrected chi connectivity index (χ3v) is 0.796. The van der Waals surface area contributed by atoms with Crippen molar-refractivity contribution in [3.63, 3.8) is 0 Å². The number of hydrogen-bond donors (Lipinski definition) is 2. The van der Waals surface area contributed by atoms with Crippen LogP contribution in [0.2, 0.25) is 0 Å². The zero-order chi connectivity index (χ0) is 7.28. The monoisotopic (exact) mass is 129 g/mol. The summed E-state index contributed by atoms with van der Waals surface area (Å²) in [6, 6.07) is 0. The van der Waals surface area contributed by atoms with E-state index in [1.165, 1.54) is 0 Å². The van der Waals surface area contributed by atoms with Crippen molar-refractivity contribution in [2.24, 2.45) is 0 Å². The van der Waals surface area contributed by atoms with Gasteiger partial charge in [-0.1, -0.05) is 0 Å². The van der Waals surface area contributed by atoms with Crippen molar-refractivity contribution in [1.29, 1.82) is 0 Å². The number of carboxylic acids is 1. The number of rotatable bonds is 3. The molecule has 0 fully saturated rings. The second-order valence-corrected chi connectivity index (χ2v) is 1.70. The zero-order valence-electron chi connectivity index (χ0n) is 5.64. The Morgan fingerprint density at radius 3 is 2.67 bits per heavy atom. The van der Waals surface area contributed by atoms with E-state index in [1.807, 2.05) is 6.92 Å². The van der Waals surface area contributed by atoms with E-state index in [4.69, 9.17) is 5.11 Å². The molecule has 0 bridgehead atoms. The standard InChI is InChI=1S/C6H11NO2/c1-3-7-5(2)4-6(8)9/h4,7H,3H2,1-2H3,(H,8,9)/b5-4+. The molecule has 3 nitrogen and oxygen atoms in total. The predicted molar refractivity (Wildman–Crippen MR) is 35.1 cm³/mol. The first-order chi connectivity index (χ1) is 4.16. The van der Waals surface area contributed by atoms with Gasteiger partial charge in [-0.05, 0) is 13.8 Å². The van der Waals surface area contributed by atoms with Gasteiger partial charge in [-0.15, -0.1) is 0 Å². The lowest BCUT2D eigenvalue weighted by Crippen LogP contribution is -2.10. The molecule has 0 saturated heterocycles. The summed E-state index contributed by atoms with van der Waals surface area (Å²) < 4.78 is 0. The van der Waals surface area contributed by atoms with Crippen molar-refractivity contribution >= 4 is 5.97 Å². The third-order valence-electron chi connectivity index (χ3n) is 0.796. The van der Waals surface area contributed by atoms with E-state index in [-0.39, 0.29) is 0 Å². The van der Waals surface area contributed by atoms with Crippen LogP contribution in [0, 0.1) is 0 Å². The van der Waals surface area contributed by atoms with E-state index in [1.54, 1.807) is 6.92 Å². The molecule has 52 valence electrons. The Morgan fingerprint density at radius 1 is 1.78 bits per heavy atom. The van der Waals surface area contributed by atoms with Crippen molar-refractivity contribution in [1.82, 2.24) is 5.32 Å². The summed E-state index contributed by atoms with van der Waals surface area (Å²) in [4.78, 5) is 9.97. The van der Waals surface area contributed by atoms with Crippen LogP contribution < -0.4 is 5.32 Å². The molecule has 0 amide bonds. The number of allylic oxidation sites excluding steroid dienone is 1. The number of nitrogens with one attached hydrogen (secondary N) is 1. The molecule has 3 heteroatoms. The van der Waals surface area contributed by atoms with Crippen LogP contribution in [0.25, 0.3) is 0 Å². The molecular weight excluding hydrogens is 118 g/mol. The van der Waals surface area contributed by atoms with Crippen molar-refractivity contribution in [2.75, 3.05) is 6.54 Å². The Balaban J connectivity index is 3.69. The largest absolute Gasteiger partial charge is 0.478 e. The van der Waals surface area contributed by atoms with Gasteiger partial charge in [-0.25, -0.2) is 4.79 Å². The average Bonchev–Trinajstić information content (AvgIpc) is 1.63. The molecule has 9 heavy (non-hydrogen) atoms. The molecule has 0 aliphatic heterocycles. The van der Waals surface area contributed by atoms with Crippen LogP contribution in [0.3, 0.4) is 0 Å². The number of carboxylic acid groups (broad SMARTS) is 1. The third kappa shape index (κ3) is 4.87.